The van der Waals surface area contributed by atoms with E-state index >= 15 is 0 Å². The van der Waals surface area contributed by atoms with Gasteiger partial charge in [-0.05, 0) is 49.9 Å². The molecule has 2 aliphatic rings. The lowest BCUT2D eigenvalue weighted by Crippen LogP contribution is -2.46. The van der Waals surface area contributed by atoms with Crippen LogP contribution < -0.4 is 4.74 Å². The standard InChI is InChI=1S/C17H25NO2/c1-13(19)16-4-2-3-9-18(16)10-7-14-5-6-17-15(12-14)8-11-20-17/h5-6,12-13,16,19H,2-4,7-11H2,1H3. The highest BCUT2D eigenvalue weighted by Gasteiger charge is 2.25. The monoisotopic (exact) mass is 275 g/mol. The average Bonchev–Trinajstić information content (AvgIpc) is 2.92. The predicted octanol–water partition coefficient (Wildman–Crippen LogP) is 2.40. The first kappa shape index (κ1) is 13.9. The minimum absolute atomic E-state index is 0.219. The van der Waals surface area contributed by atoms with E-state index < -0.39 is 0 Å². The first-order valence-corrected chi connectivity index (χ1v) is 7.91. The maximum Gasteiger partial charge on any atom is 0.122 e. The Morgan fingerprint density at radius 3 is 3.15 bits per heavy atom. The van der Waals surface area contributed by atoms with Crippen molar-refractivity contribution in [3.8, 4) is 5.75 Å². The van der Waals surface area contributed by atoms with Crippen molar-refractivity contribution in [1.82, 2.24) is 4.90 Å². The Morgan fingerprint density at radius 1 is 1.40 bits per heavy atom. The molecule has 3 rings (SSSR count). The Kier molecular flexibility index (Phi) is 4.27. The number of fused-ring (bicyclic) bond motifs is 1. The highest BCUT2D eigenvalue weighted by molar-refractivity contribution is 5.39. The summed E-state index contributed by atoms with van der Waals surface area (Å²) < 4.78 is 5.55. The third-order valence-corrected chi connectivity index (χ3v) is 4.66. The van der Waals surface area contributed by atoms with Crippen LogP contribution in [-0.4, -0.2) is 41.8 Å². The number of nitrogens with zero attached hydrogens (tertiary/aromatic N) is 1. The summed E-state index contributed by atoms with van der Waals surface area (Å²) in [5.41, 5.74) is 2.75. The van der Waals surface area contributed by atoms with Crippen LogP contribution in [0.2, 0.25) is 0 Å². The maximum atomic E-state index is 9.91. The van der Waals surface area contributed by atoms with Crippen molar-refractivity contribution in [2.75, 3.05) is 19.7 Å². The van der Waals surface area contributed by atoms with Gasteiger partial charge < -0.3 is 9.84 Å². The van der Waals surface area contributed by atoms with Crippen molar-refractivity contribution in [2.45, 2.75) is 51.2 Å². The molecule has 0 aliphatic carbocycles. The highest BCUT2D eigenvalue weighted by Crippen LogP contribution is 2.26. The van der Waals surface area contributed by atoms with E-state index in [0.717, 1.165) is 44.7 Å². The lowest BCUT2D eigenvalue weighted by Gasteiger charge is -2.37. The number of ether oxygens (including phenoxy) is 1. The Morgan fingerprint density at radius 2 is 2.30 bits per heavy atom. The molecule has 2 heterocycles. The number of hydrogen-bond donors (Lipinski definition) is 1. The van der Waals surface area contributed by atoms with Gasteiger partial charge in [0.15, 0.2) is 0 Å². The number of aliphatic hydroxyl groups excluding tert-OH is 1. The molecular formula is C17H25NO2. The van der Waals surface area contributed by atoms with Gasteiger partial charge in [0.25, 0.3) is 0 Å². The lowest BCUT2D eigenvalue weighted by molar-refractivity contribution is 0.0372. The molecule has 0 amide bonds. The SMILES string of the molecule is CC(O)C1CCCCN1CCc1ccc2c(c1)CCO2. The second-order valence-electron chi connectivity index (χ2n) is 6.13. The Labute approximate surface area is 121 Å². The number of hydrogen-bond acceptors (Lipinski definition) is 3. The van der Waals surface area contributed by atoms with Gasteiger partial charge in [0.05, 0.1) is 12.7 Å². The fourth-order valence-corrected chi connectivity index (χ4v) is 3.51. The van der Waals surface area contributed by atoms with Crippen molar-refractivity contribution >= 4 is 0 Å². The molecular weight excluding hydrogens is 250 g/mol. The molecule has 0 aromatic heterocycles. The lowest BCUT2D eigenvalue weighted by atomic mass is 9.97. The van der Waals surface area contributed by atoms with Crippen molar-refractivity contribution in [1.29, 1.82) is 0 Å². The van der Waals surface area contributed by atoms with Gasteiger partial charge in [0.2, 0.25) is 0 Å². The molecule has 1 aromatic carbocycles. The van der Waals surface area contributed by atoms with Crippen LogP contribution in [0.5, 0.6) is 5.75 Å². The van der Waals surface area contributed by atoms with Gasteiger partial charge in [-0.1, -0.05) is 18.6 Å². The largest absolute Gasteiger partial charge is 0.493 e. The first-order chi connectivity index (χ1) is 9.74. The van der Waals surface area contributed by atoms with Crippen LogP contribution in [-0.2, 0) is 12.8 Å². The Balaban J connectivity index is 1.60. The van der Waals surface area contributed by atoms with Gasteiger partial charge in [0.1, 0.15) is 5.75 Å². The quantitative estimate of drug-likeness (QED) is 0.916. The number of aliphatic hydroxyl groups is 1. The summed E-state index contributed by atoms with van der Waals surface area (Å²) in [6.45, 7) is 4.93. The molecule has 3 heteroatoms. The van der Waals surface area contributed by atoms with E-state index in [0.29, 0.717) is 6.04 Å². The highest BCUT2D eigenvalue weighted by atomic mass is 16.5. The third-order valence-electron chi connectivity index (χ3n) is 4.66. The summed E-state index contributed by atoms with van der Waals surface area (Å²) in [6, 6.07) is 6.94. The summed E-state index contributed by atoms with van der Waals surface area (Å²) >= 11 is 0. The number of benzene rings is 1. The minimum Gasteiger partial charge on any atom is -0.493 e. The molecule has 0 bridgehead atoms. The van der Waals surface area contributed by atoms with Crippen LogP contribution in [0, 0.1) is 0 Å². The molecule has 0 spiro atoms. The molecule has 1 fully saturated rings. The molecule has 0 saturated carbocycles. The molecule has 1 aromatic rings. The zero-order valence-electron chi connectivity index (χ0n) is 12.3. The molecule has 0 radical (unpaired) electrons. The van der Waals surface area contributed by atoms with Crippen molar-refractivity contribution in [3.05, 3.63) is 29.3 Å². The minimum atomic E-state index is -0.219. The van der Waals surface area contributed by atoms with E-state index in [-0.39, 0.29) is 6.10 Å². The zero-order valence-corrected chi connectivity index (χ0v) is 12.3. The predicted molar refractivity (Wildman–Crippen MR) is 80.2 cm³/mol. The van der Waals surface area contributed by atoms with Crippen LogP contribution in [0.15, 0.2) is 18.2 Å². The Bertz CT molecular complexity index is 458. The summed E-state index contributed by atoms with van der Waals surface area (Å²) in [6.07, 6.45) is 5.54. The molecule has 110 valence electrons. The molecule has 20 heavy (non-hydrogen) atoms. The van der Waals surface area contributed by atoms with Crippen molar-refractivity contribution in [2.24, 2.45) is 0 Å². The fraction of sp³-hybridized carbons (Fsp3) is 0.647. The smallest absolute Gasteiger partial charge is 0.122 e. The molecule has 2 unspecified atom stereocenters. The van der Waals surface area contributed by atoms with Gasteiger partial charge in [-0.3, -0.25) is 4.90 Å². The normalized spacial score (nSPS) is 24.2. The average molecular weight is 275 g/mol. The zero-order chi connectivity index (χ0) is 13.9. The summed E-state index contributed by atoms with van der Waals surface area (Å²) in [4.78, 5) is 2.47. The third kappa shape index (κ3) is 2.99. The van der Waals surface area contributed by atoms with E-state index in [1.807, 2.05) is 6.92 Å². The van der Waals surface area contributed by atoms with E-state index in [2.05, 4.69) is 23.1 Å². The summed E-state index contributed by atoms with van der Waals surface area (Å²) in [5, 5.41) is 9.91. The number of likely N-dealkylation sites (tertiary alicyclic amines) is 1. The number of piperidine rings is 1. The summed E-state index contributed by atoms with van der Waals surface area (Å²) in [5.74, 6) is 1.06. The van der Waals surface area contributed by atoms with Crippen LogP contribution in [0.3, 0.4) is 0 Å². The van der Waals surface area contributed by atoms with Gasteiger partial charge in [-0.15, -0.1) is 0 Å². The fourth-order valence-electron chi connectivity index (χ4n) is 3.51. The van der Waals surface area contributed by atoms with Gasteiger partial charge in [-0.25, -0.2) is 0 Å². The Hall–Kier alpha value is -1.06. The topological polar surface area (TPSA) is 32.7 Å². The second-order valence-corrected chi connectivity index (χ2v) is 6.13. The van der Waals surface area contributed by atoms with E-state index in [1.165, 1.54) is 24.0 Å². The van der Waals surface area contributed by atoms with E-state index in [4.69, 9.17) is 4.74 Å². The van der Waals surface area contributed by atoms with E-state index in [9.17, 15) is 5.11 Å². The first-order valence-electron chi connectivity index (χ1n) is 7.91. The van der Waals surface area contributed by atoms with Crippen LogP contribution in [0.25, 0.3) is 0 Å². The van der Waals surface area contributed by atoms with Gasteiger partial charge in [0, 0.05) is 19.0 Å². The van der Waals surface area contributed by atoms with Crippen molar-refractivity contribution < 1.29 is 9.84 Å². The second kappa shape index (κ2) is 6.15. The van der Waals surface area contributed by atoms with E-state index in [1.54, 1.807) is 0 Å². The van der Waals surface area contributed by atoms with Crippen LogP contribution in [0.1, 0.15) is 37.3 Å². The van der Waals surface area contributed by atoms with Crippen LogP contribution in [0.4, 0.5) is 0 Å². The molecule has 2 aliphatic heterocycles. The van der Waals surface area contributed by atoms with Crippen molar-refractivity contribution in [3.63, 3.8) is 0 Å². The summed E-state index contributed by atoms with van der Waals surface area (Å²) in [7, 11) is 0. The van der Waals surface area contributed by atoms with Crippen LogP contribution >= 0.6 is 0 Å². The van der Waals surface area contributed by atoms with Gasteiger partial charge >= 0.3 is 0 Å². The molecule has 3 nitrogen and oxygen atoms in total. The maximum absolute atomic E-state index is 9.91. The molecule has 2 atom stereocenters. The van der Waals surface area contributed by atoms with Gasteiger partial charge in [-0.2, -0.15) is 0 Å². The molecule has 1 N–H and O–H groups in total. The molecule has 1 saturated heterocycles. The number of rotatable bonds is 4.